The third-order valence-corrected chi connectivity index (χ3v) is 6.29. The zero-order valence-electron chi connectivity index (χ0n) is 25.0. The van der Waals surface area contributed by atoms with Crippen LogP contribution in [0.4, 0.5) is 0 Å². The topological polar surface area (TPSA) is 266 Å². The minimum Gasteiger partial charge on any atom is -0.481 e. The molecule has 44 heavy (non-hydrogen) atoms. The summed E-state index contributed by atoms with van der Waals surface area (Å²) < 4.78 is 0. The summed E-state index contributed by atoms with van der Waals surface area (Å²) >= 11 is 0. The summed E-state index contributed by atoms with van der Waals surface area (Å²) in [6.45, 7) is 5.33. The van der Waals surface area contributed by atoms with Crippen LogP contribution in [0.25, 0.3) is 0 Å². The lowest BCUT2D eigenvalue weighted by Crippen LogP contribution is -2.59. The van der Waals surface area contributed by atoms with Crippen LogP contribution in [0, 0.1) is 5.92 Å². The second-order valence-corrected chi connectivity index (χ2v) is 10.7. The fraction of sp³-hybridized carbons (Fsp3) is 0.536. The van der Waals surface area contributed by atoms with Crippen LogP contribution in [0.15, 0.2) is 30.3 Å². The molecule has 0 spiro atoms. The van der Waals surface area contributed by atoms with Crippen molar-refractivity contribution in [3.63, 3.8) is 0 Å². The largest absolute Gasteiger partial charge is 0.481 e. The fourth-order valence-corrected chi connectivity index (χ4v) is 3.86. The van der Waals surface area contributed by atoms with Crippen LogP contribution >= 0.6 is 0 Å². The van der Waals surface area contributed by atoms with Crippen molar-refractivity contribution in [2.45, 2.75) is 83.2 Å². The van der Waals surface area contributed by atoms with Gasteiger partial charge in [-0.2, -0.15) is 0 Å². The molecule has 1 aromatic rings. The predicted molar refractivity (Wildman–Crippen MR) is 156 cm³/mol. The number of carbonyl (C=O) groups excluding carboxylic acids is 5. The Morgan fingerprint density at radius 1 is 0.682 bits per heavy atom. The van der Waals surface area contributed by atoms with E-state index in [1.54, 1.807) is 44.2 Å². The van der Waals surface area contributed by atoms with Gasteiger partial charge in [-0.05, 0) is 31.7 Å². The summed E-state index contributed by atoms with van der Waals surface area (Å²) in [5.74, 6) is -6.89. The molecule has 16 nitrogen and oxygen atoms in total. The molecule has 0 aliphatic heterocycles. The SMILES string of the molecule is CC(C)C[C@H](NC(=O)[C@H](Cc1ccccc1)NC(=O)[C@H](C)NC(=O)[C@H](C)NC(=O)[C@H](CO)NC(=O)[C@@H](N)CC(=O)O)C(=O)O. The number of amides is 5. The molecule has 244 valence electrons. The van der Waals surface area contributed by atoms with E-state index in [0.29, 0.717) is 5.56 Å². The summed E-state index contributed by atoms with van der Waals surface area (Å²) in [6, 6.07) is 0.849. The molecule has 0 aliphatic carbocycles. The average molecular weight is 623 g/mol. The van der Waals surface area contributed by atoms with Gasteiger partial charge in [-0.3, -0.25) is 28.8 Å². The van der Waals surface area contributed by atoms with Gasteiger partial charge in [0.15, 0.2) is 0 Å². The number of aliphatic hydroxyl groups is 1. The van der Waals surface area contributed by atoms with Crippen molar-refractivity contribution in [2.24, 2.45) is 11.7 Å². The van der Waals surface area contributed by atoms with Crippen molar-refractivity contribution >= 4 is 41.5 Å². The fourth-order valence-electron chi connectivity index (χ4n) is 3.86. The lowest BCUT2D eigenvalue weighted by molar-refractivity contribution is -0.142. The maximum Gasteiger partial charge on any atom is 0.326 e. The molecule has 1 rings (SSSR count). The first-order valence-corrected chi connectivity index (χ1v) is 13.9. The van der Waals surface area contributed by atoms with Gasteiger partial charge in [-0.25, -0.2) is 4.79 Å². The summed E-state index contributed by atoms with van der Waals surface area (Å²) in [4.78, 5) is 85.7. The van der Waals surface area contributed by atoms with Crippen molar-refractivity contribution in [3.05, 3.63) is 35.9 Å². The van der Waals surface area contributed by atoms with Gasteiger partial charge in [0.1, 0.15) is 30.2 Å². The molecule has 10 N–H and O–H groups in total. The van der Waals surface area contributed by atoms with E-state index in [2.05, 4.69) is 26.6 Å². The third-order valence-electron chi connectivity index (χ3n) is 6.29. The zero-order chi connectivity index (χ0) is 33.6. The number of carboxylic acid groups (broad SMARTS) is 2. The molecule has 0 saturated carbocycles. The molecule has 0 aromatic heterocycles. The number of carbonyl (C=O) groups is 7. The Hall–Kier alpha value is -4.57. The number of aliphatic hydroxyl groups excluding tert-OH is 1. The van der Waals surface area contributed by atoms with Gasteiger partial charge in [0, 0.05) is 6.42 Å². The predicted octanol–water partition coefficient (Wildman–Crippen LogP) is -2.38. The summed E-state index contributed by atoms with van der Waals surface area (Å²) in [5, 5.41) is 39.5. The Bertz CT molecular complexity index is 1180. The quantitative estimate of drug-likeness (QED) is 0.0834. The zero-order valence-corrected chi connectivity index (χ0v) is 25.0. The Morgan fingerprint density at radius 2 is 1.16 bits per heavy atom. The van der Waals surface area contributed by atoms with Crippen molar-refractivity contribution in [1.82, 2.24) is 26.6 Å². The molecule has 0 saturated heterocycles. The standard InChI is InChI=1S/C28H42N6O10/c1-14(2)10-20(28(43)44)33-26(41)19(11-17-8-6-5-7-9-17)32-24(39)16(4)30-23(38)15(3)31-27(42)21(13-35)34-25(40)18(29)12-22(36)37/h5-9,14-16,18-21,35H,10-13,29H2,1-4H3,(H,30,38)(H,31,42)(H,32,39)(H,33,41)(H,34,40)(H,36,37)(H,43,44)/t15-,16-,18-,19-,20-,21-/m0/s1. The van der Waals surface area contributed by atoms with Crippen molar-refractivity contribution in [2.75, 3.05) is 6.61 Å². The number of nitrogens with one attached hydrogen (secondary N) is 5. The maximum atomic E-state index is 13.1. The normalized spacial score (nSPS) is 15.0. The molecule has 0 bridgehead atoms. The van der Waals surface area contributed by atoms with Gasteiger partial charge in [-0.15, -0.1) is 0 Å². The lowest BCUT2D eigenvalue weighted by Gasteiger charge is -2.25. The number of hydrogen-bond acceptors (Lipinski definition) is 9. The van der Waals surface area contributed by atoms with Crippen LogP contribution in [0.5, 0.6) is 0 Å². The molecular formula is C28H42N6O10. The van der Waals surface area contributed by atoms with Crippen molar-refractivity contribution in [1.29, 1.82) is 0 Å². The van der Waals surface area contributed by atoms with Crippen LogP contribution in [0.1, 0.15) is 46.1 Å². The number of aliphatic carboxylic acids is 2. The highest BCUT2D eigenvalue weighted by Gasteiger charge is 2.30. The first-order valence-electron chi connectivity index (χ1n) is 13.9. The molecule has 16 heteroatoms. The highest BCUT2D eigenvalue weighted by Crippen LogP contribution is 2.08. The summed E-state index contributed by atoms with van der Waals surface area (Å²) in [7, 11) is 0. The van der Waals surface area contributed by atoms with E-state index in [1.165, 1.54) is 13.8 Å². The highest BCUT2D eigenvalue weighted by atomic mass is 16.4. The van der Waals surface area contributed by atoms with Crippen LogP contribution < -0.4 is 32.3 Å². The molecule has 0 aliphatic rings. The van der Waals surface area contributed by atoms with E-state index in [9.17, 15) is 43.8 Å². The average Bonchev–Trinajstić information content (AvgIpc) is 2.94. The van der Waals surface area contributed by atoms with Gasteiger partial charge in [0.25, 0.3) is 0 Å². The van der Waals surface area contributed by atoms with Gasteiger partial charge in [0.2, 0.25) is 29.5 Å². The summed E-state index contributed by atoms with van der Waals surface area (Å²) in [5.41, 5.74) is 6.13. The maximum absolute atomic E-state index is 13.1. The number of rotatable bonds is 18. The van der Waals surface area contributed by atoms with Gasteiger partial charge >= 0.3 is 11.9 Å². The van der Waals surface area contributed by atoms with E-state index in [4.69, 9.17) is 10.8 Å². The number of carboxylic acids is 2. The van der Waals surface area contributed by atoms with Crippen LogP contribution in [-0.4, -0.2) is 99.7 Å². The smallest absolute Gasteiger partial charge is 0.326 e. The Morgan fingerprint density at radius 3 is 1.66 bits per heavy atom. The van der Waals surface area contributed by atoms with Gasteiger partial charge < -0.3 is 47.6 Å². The van der Waals surface area contributed by atoms with Gasteiger partial charge in [-0.1, -0.05) is 44.2 Å². The number of benzene rings is 1. The first-order chi connectivity index (χ1) is 20.5. The van der Waals surface area contributed by atoms with Crippen LogP contribution in [0.3, 0.4) is 0 Å². The number of nitrogens with two attached hydrogens (primary N) is 1. The Labute approximate surface area is 254 Å². The van der Waals surface area contributed by atoms with Crippen LogP contribution in [-0.2, 0) is 40.0 Å². The molecule has 5 amide bonds. The van der Waals surface area contributed by atoms with E-state index in [1.807, 2.05) is 0 Å². The molecule has 0 heterocycles. The third kappa shape index (κ3) is 13.2. The summed E-state index contributed by atoms with van der Waals surface area (Å²) in [6.07, 6.45) is -0.515. The Balaban J connectivity index is 2.88. The van der Waals surface area contributed by atoms with E-state index >= 15 is 0 Å². The second kappa shape index (κ2) is 18.2. The van der Waals surface area contributed by atoms with E-state index < -0.39 is 90.8 Å². The molecule has 0 fully saturated rings. The van der Waals surface area contributed by atoms with Crippen LogP contribution in [0.2, 0.25) is 0 Å². The monoisotopic (exact) mass is 622 g/mol. The first kappa shape index (κ1) is 37.5. The lowest BCUT2D eigenvalue weighted by atomic mass is 10.0. The van der Waals surface area contributed by atoms with Crippen molar-refractivity contribution in [3.8, 4) is 0 Å². The molecule has 1 aromatic carbocycles. The van der Waals surface area contributed by atoms with Crippen molar-refractivity contribution < 1.29 is 48.9 Å². The van der Waals surface area contributed by atoms with E-state index in [0.717, 1.165) is 0 Å². The molecule has 0 radical (unpaired) electrons. The molecule has 6 atom stereocenters. The Kier molecular flexibility index (Phi) is 15.5. The van der Waals surface area contributed by atoms with E-state index in [-0.39, 0.29) is 18.8 Å². The number of hydrogen-bond donors (Lipinski definition) is 9. The molecule has 0 unspecified atom stereocenters. The minimum absolute atomic E-state index is 0.0317. The molecular weight excluding hydrogens is 580 g/mol. The minimum atomic E-state index is -1.54. The highest BCUT2D eigenvalue weighted by molar-refractivity contribution is 5.96. The van der Waals surface area contributed by atoms with Gasteiger partial charge in [0.05, 0.1) is 19.1 Å². The second-order valence-electron chi connectivity index (χ2n) is 10.7.